The first-order valence-electron chi connectivity index (χ1n) is 8.60. The summed E-state index contributed by atoms with van der Waals surface area (Å²) in [5, 5.41) is 0.213. The van der Waals surface area contributed by atoms with Gasteiger partial charge in [0.1, 0.15) is 4.90 Å². The molecule has 1 saturated heterocycles. The Labute approximate surface area is 169 Å². The maximum Gasteiger partial charge on any atom is 0.244 e. The second kappa shape index (κ2) is 8.65. The van der Waals surface area contributed by atoms with Gasteiger partial charge in [-0.3, -0.25) is 4.79 Å². The average molecular weight is 425 g/mol. The van der Waals surface area contributed by atoms with Crippen molar-refractivity contribution in [2.24, 2.45) is 0 Å². The smallest absolute Gasteiger partial charge is 0.244 e. The lowest BCUT2D eigenvalue weighted by Gasteiger charge is -2.34. The molecule has 0 aromatic heterocycles. The topological polar surface area (TPSA) is 57.7 Å². The third kappa shape index (κ3) is 4.85. The fraction of sp³-hybridized carbons (Fsp3) is 0.316. The van der Waals surface area contributed by atoms with E-state index in [1.165, 1.54) is 22.1 Å². The Morgan fingerprint density at radius 3 is 2.44 bits per heavy atom. The molecule has 0 bridgehead atoms. The summed E-state index contributed by atoms with van der Waals surface area (Å²) in [5.41, 5.74) is 1.16. The van der Waals surface area contributed by atoms with Crippen molar-refractivity contribution in [2.45, 2.75) is 16.7 Å². The lowest BCUT2D eigenvalue weighted by Crippen LogP contribution is -2.51. The van der Waals surface area contributed by atoms with E-state index < -0.39 is 10.0 Å². The highest BCUT2D eigenvalue weighted by molar-refractivity contribution is 8.00. The van der Waals surface area contributed by atoms with Crippen molar-refractivity contribution in [3.63, 3.8) is 0 Å². The van der Waals surface area contributed by atoms with Crippen LogP contribution in [0.2, 0.25) is 5.02 Å². The van der Waals surface area contributed by atoms with E-state index in [4.69, 9.17) is 11.6 Å². The van der Waals surface area contributed by atoms with Gasteiger partial charge in [-0.05, 0) is 31.2 Å². The van der Waals surface area contributed by atoms with Crippen LogP contribution in [0.4, 0.5) is 0 Å². The molecule has 0 radical (unpaired) electrons. The molecule has 1 heterocycles. The fourth-order valence-corrected chi connectivity index (χ4v) is 5.74. The van der Waals surface area contributed by atoms with Gasteiger partial charge in [0.25, 0.3) is 0 Å². The van der Waals surface area contributed by atoms with Gasteiger partial charge in [-0.2, -0.15) is 4.31 Å². The summed E-state index contributed by atoms with van der Waals surface area (Å²) in [6.07, 6.45) is 0. The predicted molar refractivity (Wildman–Crippen MR) is 109 cm³/mol. The number of amides is 1. The highest BCUT2D eigenvalue weighted by atomic mass is 35.5. The third-order valence-electron chi connectivity index (χ3n) is 4.40. The molecular formula is C19H21ClN2O3S2. The fourth-order valence-electron chi connectivity index (χ4n) is 2.91. The van der Waals surface area contributed by atoms with Crippen LogP contribution in [0.5, 0.6) is 0 Å². The quantitative estimate of drug-likeness (QED) is 0.691. The van der Waals surface area contributed by atoms with E-state index >= 15 is 0 Å². The minimum Gasteiger partial charge on any atom is -0.339 e. The molecule has 1 amide bonds. The van der Waals surface area contributed by atoms with Crippen molar-refractivity contribution in [3.05, 3.63) is 59.1 Å². The number of carbonyl (C=O) groups excluding carboxylic acids is 1. The van der Waals surface area contributed by atoms with Crippen LogP contribution < -0.4 is 0 Å². The van der Waals surface area contributed by atoms with E-state index in [9.17, 15) is 13.2 Å². The van der Waals surface area contributed by atoms with E-state index in [0.717, 1.165) is 10.5 Å². The Balaban J connectivity index is 1.57. The molecule has 1 fully saturated rings. The SMILES string of the molecule is Cc1cccc(SCC(=O)N2CCN(S(=O)(=O)c3ccccc3Cl)CC2)c1. The minimum absolute atomic E-state index is 0.0243. The molecule has 2 aromatic rings. The van der Waals surface area contributed by atoms with Gasteiger partial charge in [0, 0.05) is 31.1 Å². The monoisotopic (exact) mass is 424 g/mol. The van der Waals surface area contributed by atoms with Gasteiger partial charge in [-0.1, -0.05) is 41.4 Å². The number of halogens is 1. The molecule has 5 nitrogen and oxygen atoms in total. The minimum atomic E-state index is -3.64. The molecule has 0 spiro atoms. The van der Waals surface area contributed by atoms with Crippen LogP contribution in [-0.4, -0.2) is 55.5 Å². The number of sulfonamides is 1. The first-order valence-corrected chi connectivity index (χ1v) is 11.4. The Bertz CT molecular complexity index is 926. The molecule has 8 heteroatoms. The summed E-state index contributed by atoms with van der Waals surface area (Å²) < 4.78 is 26.9. The molecule has 1 aliphatic rings. The van der Waals surface area contributed by atoms with Crippen molar-refractivity contribution in [2.75, 3.05) is 31.9 Å². The Hall–Kier alpha value is -1.54. The molecule has 3 rings (SSSR count). The van der Waals surface area contributed by atoms with Crippen LogP contribution in [0, 0.1) is 6.92 Å². The van der Waals surface area contributed by atoms with Crippen LogP contribution in [0.15, 0.2) is 58.3 Å². The van der Waals surface area contributed by atoms with Gasteiger partial charge in [-0.15, -0.1) is 11.8 Å². The largest absolute Gasteiger partial charge is 0.339 e. The van der Waals surface area contributed by atoms with E-state index in [0.29, 0.717) is 18.8 Å². The van der Waals surface area contributed by atoms with Crippen molar-refractivity contribution < 1.29 is 13.2 Å². The summed E-state index contributed by atoms with van der Waals surface area (Å²) in [5.74, 6) is 0.372. The Morgan fingerprint density at radius 1 is 1.07 bits per heavy atom. The predicted octanol–water partition coefficient (Wildman–Crippen LogP) is 3.27. The zero-order valence-corrected chi connectivity index (χ0v) is 17.4. The molecule has 0 aliphatic carbocycles. The molecule has 0 atom stereocenters. The molecule has 27 heavy (non-hydrogen) atoms. The van der Waals surface area contributed by atoms with E-state index in [1.807, 2.05) is 31.2 Å². The molecule has 0 saturated carbocycles. The molecule has 1 aliphatic heterocycles. The van der Waals surface area contributed by atoms with Gasteiger partial charge < -0.3 is 4.90 Å². The van der Waals surface area contributed by atoms with Crippen LogP contribution in [0.1, 0.15) is 5.56 Å². The van der Waals surface area contributed by atoms with Crippen LogP contribution >= 0.6 is 23.4 Å². The highest BCUT2D eigenvalue weighted by Crippen LogP contribution is 2.25. The maximum atomic E-state index is 12.8. The third-order valence-corrected chi connectivity index (χ3v) is 7.77. The molecule has 0 unspecified atom stereocenters. The van der Waals surface area contributed by atoms with Gasteiger partial charge in [-0.25, -0.2) is 8.42 Å². The number of carbonyl (C=O) groups is 1. The van der Waals surface area contributed by atoms with Gasteiger partial charge >= 0.3 is 0 Å². The van der Waals surface area contributed by atoms with E-state index in [1.54, 1.807) is 23.1 Å². The van der Waals surface area contributed by atoms with E-state index in [2.05, 4.69) is 0 Å². The zero-order valence-electron chi connectivity index (χ0n) is 15.0. The molecular weight excluding hydrogens is 404 g/mol. The summed E-state index contributed by atoms with van der Waals surface area (Å²) in [6.45, 7) is 3.33. The summed E-state index contributed by atoms with van der Waals surface area (Å²) in [6, 6.07) is 14.4. The van der Waals surface area contributed by atoms with Gasteiger partial charge in [0.05, 0.1) is 10.8 Å². The summed E-state index contributed by atoms with van der Waals surface area (Å²) in [4.78, 5) is 15.3. The second-order valence-electron chi connectivity index (χ2n) is 6.32. The van der Waals surface area contributed by atoms with Gasteiger partial charge in [0.2, 0.25) is 15.9 Å². The number of thioether (sulfide) groups is 1. The second-order valence-corrected chi connectivity index (χ2v) is 9.68. The van der Waals surface area contributed by atoms with Crippen LogP contribution in [-0.2, 0) is 14.8 Å². The van der Waals surface area contributed by atoms with E-state index in [-0.39, 0.29) is 28.9 Å². The molecule has 2 aromatic carbocycles. The Morgan fingerprint density at radius 2 is 1.78 bits per heavy atom. The number of nitrogens with zero attached hydrogens (tertiary/aromatic N) is 2. The number of aryl methyl sites for hydroxylation is 1. The molecule has 0 N–H and O–H groups in total. The van der Waals surface area contributed by atoms with Crippen molar-refractivity contribution in [1.82, 2.24) is 9.21 Å². The van der Waals surface area contributed by atoms with Crippen LogP contribution in [0.3, 0.4) is 0 Å². The first-order chi connectivity index (χ1) is 12.9. The Kier molecular flexibility index (Phi) is 6.47. The summed E-state index contributed by atoms with van der Waals surface area (Å²) >= 11 is 7.55. The highest BCUT2D eigenvalue weighted by Gasteiger charge is 2.31. The van der Waals surface area contributed by atoms with Crippen molar-refractivity contribution >= 4 is 39.3 Å². The maximum absolute atomic E-state index is 12.8. The molecule has 144 valence electrons. The number of hydrogen-bond donors (Lipinski definition) is 0. The van der Waals surface area contributed by atoms with Crippen molar-refractivity contribution in [3.8, 4) is 0 Å². The average Bonchev–Trinajstić information content (AvgIpc) is 2.66. The normalized spacial score (nSPS) is 15.7. The lowest BCUT2D eigenvalue weighted by atomic mass is 10.2. The zero-order chi connectivity index (χ0) is 19.4. The van der Waals surface area contributed by atoms with Gasteiger partial charge in [0.15, 0.2) is 0 Å². The lowest BCUT2D eigenvalue weighted by molar-refractivity contribution is -0.129. The number of benzene rings is 2. The number of piperazine rings is 1. The standard InChI is InChI=1S/C19H21ClN2O3S2/c1-15-5-4-6-16(13-15)26-14-19(23)21-9-11-22(12-10-21)27(24,25)18-8-3-2-7-17(18)20/h2-8,13H,9-12,14H2,1H3. The first kappa shape index (κ1) is 20.2. The van der Waals surface area contributed by atoms with Crippen LogP contribution in [0.25, 0.3) is 0 Å². The number of rotatable bonds is 5. The van der Waals surface area contributed by atoms with Crippen molar-refractivity contribution in [1.29, 1.82) is 0 Å². The summed E-state index contributed by atoms with van der Waals surface area (Å²) in [7, 11) is -3.64. The number of hydrogen-bond acceptors (Lipinski definition) is 4.